The number of aromatic amines is 1. The minimum Gasteiger partial charge on any atom is -0.497 e. The predicted molar refractivity (Wildman–Crippen MR) is 133 cm³/mol. The Labute approximate surface area is 191 Å². The molecule has 0 saturated heterocycles. The highest BCUT2D eigenvalue weighted by Gasteiger charge is 2.03. The van der Waals surface area contributed by atoms with Crippen molar-refractivity contribution in [1.82, 2.24) is 10.4 Å². The second kappa shape index (κ2) is 16.6. The maximum absolute atomic E-state index is 10.0. The Hall–Kier alpha value is -3.03. The quantitative estimate of drug-likeness (QED) is 0.149. The summed E-state index contributed by atoms with van der Waals surface area (Å²) in [5.41, 5.74) is 10.5. The molecular formula is C24H39N5O3. The van der Waals surface area contributed by atoms with Crippen LogP contribution in [0.25, 0.3) is 10.9 Å². The number of fused-ring (bicyclic) bond motifs is 1. The summed E-state index contributed by atoms with van der Waals surface area (Å²) >= 11 is 0. The van der Waals surface area contributed by atoms with Crippen LogP contribution < -0.4 is 15.9 Å². The smallest absolute Gasteiger partial charge is 0.303 e. The summed E-state index contributed by atoms with van der Waals surface area (Å²) < 4.78 is 5.24. The molecule has 0 spiro atoms. The van der Waals surface area contributed by atoms with Gasteiger partial charge in [-0.2, -0.15) is 5.10 Å². The lowest BCUT2D eigenvalue weighted by molar-refractivity contribution is -0.137. The molecule has 5 N–H and O–H groups in total. The van der Waals surface area contributed by atoms with Gasteiger partial charge in [-0.15, -0.1) is 0 Å². The van der Waals surface area contributed by atoms with E-state index in [9.17, 15) is 4.79 Å². The summed E-state index contributed by atoms with van der Waals surface area (Å²) in [5, 5.41) is 13.4. The van der Waals surface area contributed by atoms with Gasteiger partial charge in [0.2, 0.25) is 5.96 Å². The number of hydrogen-bond donors (Lipinski definition) is 4. The highest BCUT2D eigenvalue weighted by Crippen LogP contribution is 2.22. The van der Waals surface area contributed by atoms with Crippen molar-refractivity contribution in [2.45, 2.75) is 71.6 Å². The molecule has 0 amide bonds. The second-order valence-corrected chi connectivity index (χ2v) is 7.56. The average molecular weight is 446 g/mol. The van der Waals surface area contributed by atoms with Crippen molar-refractivity contribution in [3.63, 3.8) is 0 Å². The van der Waals surface area contributed by atoms with E-state index in [4.69, 9.17) is 15.6 Å². The van der Waals surface area contributed by atoms with E-state index in [1.165, 1.54) is 25.7 Å². The number of aromatic nitrogens is 1. The molecule has 0 fully saturated rings. The minimum absolute atomic E-state index is 0.337. The van der Waals surface area contributed by atoms with Gasteiger partial charge in [-0.1, -0.05) is 52.4 Å². The van der Waals surface area contributed by atoms with Crippen LogP contribution in [0.4, 0.5) is 0 Å². The summed E-state index contributed by atoms with van der Waals surface area (Å²) in [4.78, 5) is 17.4. The number of carboxylic acids is 1. The number of carbonyl (C=O) groups is 1. The van der Waals surface area contributed by atoms with Crippen LogP contribution in [0.2, 0.25) is 0 Å². The number of nitrogens with one attached hydrogen (secondary N) is 2. The minimum atomic E-state index is -0.670. The Morgan fingerprint density at radius 1 is 1.16 bits per heavy atom. The van der Waals surface area contributed by atoms with Gasteiger partial charge in [0.15, 0.2) is 0 Å². The molecule has 1 heterocycles. The first-order chi connectivity index (χ1) is 15.5. The van der Waals surface area contributed by atoms with Crippen molar-refractivity contribution in [1.29, 1.82) is 0 Å². The van der Waals surface area contributed by atoms with Crippen LogP contribution in [0.1, 0.15) is 77.2 Å². The van der Waals surface area contributed by atoms with Crippen molar-refractivity contribution in [3.8, 4) is 5.75 Å². The number of carboxylic acid groups (broad SMARTS) is 1. The zero-order valence-corrected chi connectivity index (χ0v) is 19.7. The average Bonchev–Trinajstić information content (AvgIpc) is 3.19. The summed E-state index contributed by atoms with van der Waals surface area (Å²) in [7, 11) is 1.65. The highest BCUT2D eigenvalue weighted by atomic mass is 16.5. The van der Waals surface area contributed by atoms with E-state index < -0.39 is 5.97 Å². The van der Waals surface area contributed by atoms with Gasteiger partial charge in [-0.3, -0.25) is 9.79 Å². The number of ether oxygens (including phenoxy) is 1. The number of rotatable bonds is 13. The van der Waals surface area contributed by atoms with Crippen molar-refractivity contribution >= 4 is 29.0 Å². The van der Waals surface area contributed by atoms with Crippen LogP contribution in [-0.2, 0) is 4.79 Å². The standard InChI is InChI=1S/C16H23N5O.C8H16O2/c1-3-4-5-8-18-16(17)21-20-11-12-10-19-15-7-6-13(22-2)9-14(12)15;1-2-3-4-5-6-7-8(9)10/h6-7,9-11,19H,3-5,8H2,1-2H3,(H3,17,18,21);2-7H2,1H3,(H,9,10)/b20-11-;. The van der Waals surface area contributed by atoms with Gasteiger partial charge in [0.1, 0.15) is 5.75 Å². The van der Waals surface area contributed by atoms with Crippen LogP contribution >= 0.6 is 0 Å². The van der Waals surface area contributed by atoms with Gasteiger partial charge >= 0.3 is 5.97 Å². The molecule has 32 heavy (non-hydrogen) atoms. The molecule has 0 aliphatic carbocycles. The van der Waals surface area contributed by atoms with Crippen LogP contribution in [0.3, 0.4) is 0 Å². The highest BCUT2D eigenvalue weighted by molar-refractivity contribution is 5.99. The number of unbranched alkanes of at least 4 members (excludes halogenated alkanes) is 6. The van der Waals surface area contributed by atoms with Crippen molar-refractivity contribution < 1.29 is 14.6 Å². The number of aliphatic carboxylic acids is 1. The molecular weight excluding hydrogens is 406 g/mol. The van der Waals surface area contributed by atoms with Gasteiger partial charge in [-0.25, -0.2) is 5.43 Å². The van der Waals surface area contributed by atoms with Crippen LogP contribution in [-0.4, -0.2) is 41.9 Å². The number of guanidine groups is 1. The van der Waals surface area contributed by atoms with Gasteiger partial charge in [0.05, 0.1) is 13.3 Å². The third kappa shape index (κ3) is 11.4. The SMILES string of the molecule is CCCCCCCC(=O)O.CCCCCN=C(N)N/N=C\c1c[nH]c2ccc(OC)cc12. The number of H-pyrrole nitrogens is 1. The Bertz CT molecular complexity index is 845. The Kier molecular flexibility index (Phi) is 14.0. The number of benzene rings is 1. The number of hydrogen-bond acceptors (Lipinski definition) is 4. The second-order valence-electron chi connectivity index (χ2n) is 7.56. The molecule has 1 aromatic heterocycles. The molecule has 0 atom stereocenters. The van der Waals surface area contributed by atoms with Crippen LogP contribution in [0.15, 0.2) is 34.5 Å². The van der Waals surface area contributed by atoms with E-state index in [0.717, 1.165) is 54.4 Å². The maximum Gasteiger partial charge on any atom is 0.303 e. The van der Waals surface area contributed by atoms with E-state index in [0.29, 0.717) is 12.4 Å². The molecule has 0 bridgehead atoms. The van der Waals surface area contributed by atoms with Crippen molar-refractivity contribution in [3.05, 3.63) is 30.0 Å². The fraction of sp³-hybridized carbons (Fsp3) is 0.542. The molecule has 0 aliphatic heterocycles. The maximum atomic E-state index is 10.0. The van der Waals surface area contributed by atoms with Crippen molar-refractivity contribution in [2.24, 2.45) is 15.8 Å². The fourth-order valence-electron chi connectivity index (χ4n) is 3.00. The first-order valence-electron chi connectivity index (χ1n) is 11.5. The lowest BCUT2D eigenvalue weighted by Gasteiger charge is -2.00. The number of nitrogens with two attached hydrogens (primary N) is 1. The van der Waals surface area contributed by atoms with E-state index in [1.54, 1.807) is 13.3 Å². The van der Waals surface area contributed by atoms with Gasteiger partial charge in [0.25, 0.3) is 0 Å². The summed E-state index contributed by atoms with van der Waals surface area (Å²) in [6.07, 6.45) is 12.9. The number of methoxy groups -OCH3 is 1. The number of aliphatic imine (C=N–C) groups is 1. The summed E-state index contributed by atoms with van der Waals surface area (Å²) in [6.45, 7) is 5.04. The third-order valence-corrected chi connectivity index (χ3v) is 4.84. The number of hydrazone groups is 1. The van der Waals surface area contributed by atoms with E-state index in [-0.39, 0.29) is 0 Å². The molecule has 0 saturated carbocycles. The number of nitrogens with zero attached hydrogens (tertiary/aromatic N) is 2. The van der Waals surface area contributed by atoms with Gasteiger partial charge in [0, 0.05) is 35.6 Å². The normalized spacial score (nSPS) is 11.4. The molecule has 0 aliphatic rings. The predicted octanol–water partition coefficient (Wildman–Crippen LogP) is 5.04. The summed E-state index contributed by atoms with van der Waals surface area (Å²) in [6, 6.07) is 5.86. The molecule has 8 nitrogen and oxygen atoms in total. The van der Waals surface area contributed by atoms with Gasteiger partial charge < -0.3 is 20.6 Å². The largest absolute Gasteiger partial charge is 0.497 e. The Morgan fingerprint density at radius 3 is 2.56 bits per heavy atom. The molecule has 8 heteroatoms. The Morgan fingerprint density at radius 2 is 1.88 bits per heavy atom. The molecule has 0 radical (unpaired) electrons. The van der Waals surface area contributed by atoms with Crippen LogP contribution in [0, 0.1) is 0 Å². The topological polar surface area (TPSA) is 125 Å². The zero-order valence-electron chi connectivity index (χ0n) is 19.7. The fourth-order valence-corrected chi connectivity index (χ4v) is 3.00. The molecule has 2 aromatic rings. The van der Waals surface area contributed by atoms with Gasteiger partial charge in [-0.05, 0) is 31.0 Å². The molecule has 2 rings (SSSR count). The zero-order chi connectivity index (χ0) is 23.6. The monoisotopic (exact) mass is 445 g/mol. The van der Waals surface area contributed by atoms with Crippen LogP contribution in [0.5, 0.6) is 5.75 Å². The van der Waals surface area contributed by atoms with E-state index in [2.05, 4.69) is 34.4 Å². The summed E-state index contributed by atoms with van der Waals surface area (Å²) in [5.74, 6) is 0.480. The molecule has 0 unspecified atom stereocenters. The lowest BCUT2D eigenvalue weighted by atomic mass is 10.1. The first-order valence-corrected chi connectivity index (χ1v) is 11.5. The first kappa shape index (κ1) is 27.0. The van der Waals surface area contributed by atoms with Crippen molar-refractivity contribution in [2.75, 3.05) is 13.7 Å². The molecule has 1 aromatic carbocycles. The van der Waals surface area contributed by atoms with E-state index in [1.807, 2.05) is 24.4 Å². The Balaban J connectivity index is 0.000000433. The third-order valence-electron chi connectivity index (χ3n) is 4.84. The van der Waals surface area contributed by atoms with E-state index >= 15 is 0 Å². The molecule has 178 valence electrons. The lowest BCUT2D eigenvalue weighted by Crippen LogP contribution is -2.27.